The molecule has 0 spiro atoms. The van der Waals surface area contributed by atoms with Gasteiger partial charge in [0.25, 0.3) is 0 Å². The van der Waals surface area contributed by atoms with Crippen LogP contribution >= 0.6 is 14.3 Å². The lowest BCUT2D eigenvalue weighted by Crippen LogP contribution is -2.25. The van der Waals surface area contributed by atoms with E-state index in [1.807, 2.05) is 0 Å². The molecule has 0 aliphatic heterocycles. The molecular formula is C31H51NO2P2. The lowest BCUT2D eigenvalue weighted by Gasteiger charge is -2.39. The highest BCUT2D eigenvalue weighted by Gasteiger charge is 2.43. The highest BCUT2D eigenvalue weighted by Crippen LogP contribution is 2.66. The zero-order valence-electron chi connectivity index (χ0n) is 22.8. The zero-order valence-corrected chi connectivity index (χ0v) is 24.5. The fourth-order valence-corrected chi connectivity index (χ4v) is 16.9. The monoisotopic (exact) mass is 531 g/mol. The summed E-state index contributed by atoms with van der Waals surface area (Å²) in [4.78, 5) is 5.18. The second-order valence-corrected chi connectivity index (χ2v) is 19.8. The number of pyridine rings is 1. The molecule has 1 heterocycles. The zero-order chi connectivity index (χ0) is 24.8. The average molecular weight is 532 g/mol. The summed E-state index contributed by atoms with van der Waals surface area (Å²) in [7, 11) is -4.69. The van der Waals surface area contributed by atoms with Crippen LogP contribution in [-0.4, -0.2) is 27.6 Å². The molecule has 4 saturated carbocycles. The second-order valence-electron chi connectivity index (χ2n) is 12.8. The molecule has 5 heteroatoms. The molecule has 0 atom stereocenters. The maximum atomic E-state index is 14.9. The van der Waals surface area contributed by atoms with Gasteiger partial charge in [0.15, 0.2) is 0 Å². The molecule has 4 fully saturated rings. The minimum Gasteiger partial charge on any atom is -0.323 e. The van der Waals surface area contributed by atoms with E-state index in [4.69, 9.17) is 4.98 Å². The summed E-state index contributed by atoms with van der Waals surface area (Å²) >= 11 is 0. The smallest absolute Gasteiger partial charge is 0.0993 e. The van der Waals surface area contributed by atoms with E-state index >= 15 is 0 Å². The summed E-state index contributed by atoms with van der Waals surface area (Å²) < 4.78 is 29.8. The van der Waals surface area contributed by atoms with E-state index < -0.39 is 14.3 Å². The normalized spacial score (nSPS) is 24.7. The molecule has 1 aromatic rings. The summed E-state index contributed by atoms with van der Waals surface area (Å²) in [6.07, 6.45) is 25.9. The summed E-state index contributed by atoms with van der Waals surface area (Å²) in [5, 5.41) is 0. The molecule has 202 valence electrons. The van der Waals surface area contributed by atoms with E-state index in [0.29, 0.717) is 35.0 Å². The van der Waals surface area contributed by atoms with Crippen LogP contribution in [0.3, 0.4) is 0 Å². The second kappa shape index (κ2) is 12.6. The Morgan fingerprint density at radius 3 is 1.06 bits per heavy atom. The molecule has 0 bridgehead atoms. The van der Waals surface area contributed by atoms with Gasteiger partial charge >= 0.3 is 0 Å². The molecule has 1 aromatic heterocycles. The predicted molar refractivity (Wildman–Crippen MR) is 154 cm³/mol. The predicted octanol–water partition coefficient (Wildman–Crippen LogP) is 10.1. The van der Waals surface area contributed by atoms with Gasteiger partial charge in [0.2, 0.25) is 0 Å². The van der Waals surface area contributed by atoms with Gasteiger partial charge in [-0.05, 0) is 63.5 Å². The molecule has 3 nitrogen and oxygen atoms in total. The largest absolute Gasteiger partial charge is 0.323 e. The van der Waals surface area contributed by atoms with Gasteiger partial charge in [-0.1, -0.05) is 83.1 Å². The van der Waals surface area contributed by atoms with Crippen molar-refractivity contribution in [2.75, 3.05) is 0 Å². The fourth-order valence-electron chi connectivity index (χ4n) is 8.40. The van der Waals surface area contributed by atoms with Crippen molar-refractivity contribution in [2.45, 2.75) is 163 Å². The summed E-state index contributed by atoms with van der Waals surface area (Å²) in [5.41, 5.74) is 3.72. The van der Waals surface area contributed by atoms with Crippen LogP contribution in [-0.2, 0) is 21.5 Å². The Bertz CT molecular complexity index is 807. The van der Waals surface area contributed by atoms with Crippen molar-refractivity contribution in [3.63, 3.8) is 0 Å². The third kappa shape index (κ3) is 6.25. The van der Waals surface area contributed by atoms with E-state index in [2.05, 4.69) is 18.2 Å². The van der Waals surface area contributed by atoms with Crippen molar-refractivity contribution in [2.24, 2.45) is 0 Å². The van der Waals surface area contributed by atoms with Crippen LogP contribution in [0.1, 0.15) is 140 Å². The summed E-state index contributed by atoms with van der Waals surface area (Å²) in [6, 6.07) is 6.40. The molecule has 0 amide bonds. The van der Waals surface area contributed by atoms with Crippen LogP contribution in [0.25, 0.3) is 0 Å². The van der Waals surface area contributed by atoms with Crippen LogP contribution in [0, 0.1) is 0 Å². The Morgan fingerprint density at radius 2 is 0.778 bits per heavy atom. The Balaban J connectivity index is 1.38. The first-order chi connectivity index (χ1) is 17.6. The molecule has 0 unspecified atom stereocenters. The van der Waals surface area contributed by atoms with Crippen LogP contribution in [0.15, 0.2) is 18.2 Å². The third-order valence-electron chi connectivity index (χ3n) is 10.5. The van der Waals surface area contributed by atoms with Crippen LogP contribution in [0.2, 0.25) is 0 Å². The standard InChI is InChI=1S/C31H51NO2P2/c33-35(28-16-5-1-6-17-28,29-18-7-2-8-19-29)24-26-14-13-15-27(32-26)25-36(34,30-20-9-3-10-21-30)31-22-11-4-12-23-31/h13-15,28-31H,1-12,16-25H2. The first-order valence-electron chi connectivity index (χ1n) is 15.7. The highest BCUT2D eigenvalue weighted by atomic mass is 31.2. The molecule has 0 saturated heterocycles. The highest BCUT2D eigenvalue weighted by molar-refractivity contribution is 7.65. The number of hydrogen-bond acceptors (Lipinski definition) is 3. The molecule has 4 aliphatic carbocycles. The molecular weight excluding hydrogens is 480 g/mol. The Morgan fingerprint density at radius 1 is 0.500 bits per heavy atom. The quantitative estimate of drug-likeness (QED) is 0.314. The van der Waals surface area contributed by atoms with Crippen LogP contribution < -0.4 is 0 Å². The lowest BCUT2D eigenvalue weighted by atomic mass is 9.99. The van der Waals surface area contributed by atoms with Gasteiger partial charge in [0, 0.05) is 46.3 Å². The number of aromatic nitrogens is 1. The van der Waals surface area contributed by atoms with Gasteiger partial charge in [-0.15, -0.1) is 0 Å². The van der Waals surface area contributed by atoms with Crippen molar-refractivity contribution in [3.8, 4) is 0 Å². The molecule has 0 aromatic carbocycles. The van der Waals surface area contributed by atoms with Gasteiger partial charge < -0.3 is 9.13 Å². The maximum Gasteiger partial charge on any atom is 0.0993 e. The first-order valence-corrected chi connectivity index (χ1v) is 19.8. The number of hydrogen-bond donors (Lipinski definition) is 0. The Labute approximate surface area is 221 Å². The molecule has 0 radical (unpaired) electrons. The van der Waals surface area contributed by atoms with E-state index in [1.165, 1.54) is 77.0 Å². The first kappa shape index (κ1) is 27.2. The topological polar surface area (TPSA) is 47.0 Å². The van der Waals surface area contributed by atoms with Gasteiger partial charge in [-0.25, -0.2) is 0 Å². The maximum absolute atomic E-state index is 14.9. The van der Waals surface area contributed by atoms with Crippen molar-refractivity contribution >= 4 is 14.3 Å². The van der Waals surface area contributed by atoms with Crippen molar-refractivity contribution in [1.29, 1.82) is 0 Å². The van der Waals surface area contributed by atoms with Gasteiger partial charge in [0.05, 0.1) is 14.3 Å². The average Bonchev–Trinajstić information content (AvgIpc) is 2.95. The summed E-state index contributed by atoms with van der Waals surface area (Å²) in [6.45, 7) is 0. The van der Waals surface area contributed by atoms with Crippen molar-refractivity contribution in [1.82, 2.24) is 4.98 Å². The number of rotatable bonds is 8. The van der Waals surface area contributed by atoms with Crippen molar-refractivity contribution in [3.05, 3.63) is 29.6 Å². The minimum atomic E-state index is -2.35. The molecule has 4 aliphatic rings. The molecule has 5 rings (SSSR count). The van der Waals surface area contributed by atoms with Crippen LogP contribution in [0.5, 0.6) is 0 Å². The minimum absolute atomic E-state index is 0.412. The van der Waals surface area contributed by atoms with E-state index in [9.17, 15) is 9.13 Å². The summed E-state index contributed by atoms with van der Waals surface area (Å²) in [5.74, 6) is 0. The van der Waals surface area contributed by atoms with Crippen molar-refractivity contribution < 1.29 is 9.13 Å². The third-order valence-corrected chi connectivity index (χ3v) is 19.1. The van der Waals surface area contributed by atoms with E-state index in [-0.39, 0.29) is 0 Å². The Kier molecular flexibility index (Phi) is 9.55. The van der Waals surface area contributed by atoms with E-state index in [0.717, 1.165) is 62.8 Å². The molecule has 36 heavy (non-hydrogen) atoms. The fraction of sp³-hybridized carbons (Fsp3) is 0.839. The van der Waals surface area contributed by atoms with Gasteiger partial charge in [-0.3, -0.25) is 4.98 Å². The van der Waals surface area contributed by atoms with E-state index in [1.54, 1.807) is 0 Å². The lowest BCUT2D eigenvalue weighted by molar-refractivity contribution is 0.445. The number of nitrogens with zero attached hydrogens (tertiary/aromatic N) is 1. The SMILES string of the molecule is O=P(Cc1cccc(CP(=O)(C2CCCCC2)C2CCCCC2)n1)(C1CCCCC1)C1CCCCC1. The van der Waals surface area contributed by atoms with Gasteiger partial charge in [-0.2, -0.15) is 0 Å². The van der Waals surface area contributed by atoms with Crippen LogP contribution in [0.4, 0.5) is 0 Å². The molecule has 0 N–H and O–H groups in total. The Hall–Kier alpha value is -0.390. The van der Waals surface area contributed by atoms with Gasteiger partial charge in [0.1, 0.15) is 0 Å².